The molecule has 0 aromatic carbocycles. The van der Waals surface area contributed by atoms with E-state index in [1.807, 2.05) is 0 Å². The molecular weight excluding hydrogens is 284 g/mol. The fraction of sp³-hybridized carbons (Fsp3) is 0.833. The van der Waals surface area contributed by atoms with Gasteiger partial charge in [-0.3, -0.25) is 4.21 Å². The molecule has 3 N–H and O–H groups in total. The van der Waals surface area contributed by atoms with Crippen LogP contribution in [-0.2, 0) is 20.3 Å². The summed E-state index contributed by atoms with van der Waals surface area (Å²) >= 11 is 0. The molecule has 0 radical (unpaired) electrons. The number of urea groups is 1. The van der Waals surface area contributed by atoms with Crippen molar-refractivity contribution in [1.29, 1.82) is 0 Å². The quantitative estimate of drug-likeness (QED) is 0.669. The summed E-state index contributed by atoms with van der Waals surface area (Å²) < 4.78 is 16.5. The lowest BCUT2D eigenvalue weighted by Gasteiger charge is -2.23. The maximum absolute atomic E-state index is 11.7. The van der Waals surface area contributed by atoms with Crippen molar-refractivity contribution in [3.8, 4) is 0 Å². The number of carbonyl (C=O) groups is 2. The molecule has 0 aromatic rings. The molecule has 2 aliphatic rings. The Morgan fingerprint density at radius 3 is 2.50 bits per heavy atom. The lowest BCUT2D eigenvalue weighted by molar-refractivity contribution is -0.149. The summed E-state index contributed by atoms with van der Waals surface area (Å²) in [5.74, 6) is 0.320. The van der Waals surface area contributed by atoms with E-state index in [9.17, 15) is 13.8 Å². The largest absolute Gasteiger partial charge is 0.479 e. The van der Waals surface area contributed by atoms with Crippen LogP contribution in [0.3, 0.4) is 0 Å². The predicted octanol–water partition coefficient (Wildman–Crippen LogP) is -0.171. The van der Waals surface area contributed by atoms with Crippen molar-refractivity contribution in [3.05, 3.63) is 0 Å². The maximum atomic E-state index is 11.7. The van der Waals surface area contributed by atoms with Crippen LogP contribution >= 0.6 is 0 Å². The summed E-state index contributed by atoms with van der Waals surface area (Å²) in [7, 11) is -0.737. The number of nitrogens with one attached hydrogen (secondary N) is 2. The van der Waals surface area contributed by atoms with E-state index in [1.54, 1.807) is 0 Å². The molecule has 2 rings (SSSR count). The van der Waals surface area contributed by atoms with Gasteiger partial charge in [0.25, 0.3) is 0 Å². The number of amides is 2. The van der Waals surface area contributed by atoms with Crippen LogP contribution in [0.2, 0.25) is 0 Å². The van der Waals surface area contributed by atoms with E-state index in [0.717, 1.165) is 12.8 Å². The highest BCUT2D eigenvalue weighted by Gasteiger charge is 2.30. The summed E-state index contributed by atoms with van der Waals surface area (Å²) in [6.45, 7) is 0.314. The molecule has 2 amide bonds. The van der Waals surface area contributed by atoms with Gasteiger partial charge in [0.05, 0.1) is 6.10 Å². The molecular formula is C12H20N2O5S. The van der Waals surface area contributed by atoms with Crippen molar-refractivity contribution in [3.63, 3.8) is 0 Å². The predicted molar refractivity (Wildman–Crippen MR) is 73.0 cm³/mol. The second-order valence-electron chi connectivity index (χ2n) is 5.14. The molecule has 20 heavy (non-hydrogen) atoms. The monoisotopic (exact) mass is 304 g/mol. The molecule has 0 saturated carbocycles. The Hall–Kier alpha value is -1.15. The first-order chi connectivity index (χ1) is 9.54. The molecule has 2 heterocycles. The number of hydrogen-bond acceptors (Lipinski definition) is 4. The smallest absolute Gasteiger partial charge is 0.332 e. The second-order valence-corrected chi connectivity index (χ2v) is 6.84. The van der Waals surface area contributed by atoms with Crippen LogP contribution in [-0.4, -0.2) is 57.6 Å². The summed E-state index contributed by atoms with van der Waals surface area (Å²) in [5.41, 5.74) is 0. The number of carboxylic acids is 1. The SMILES string of the molecule is O=C(NCC1CCC(C(=O)O)O1)NC1CCS(=O)CC1. The summed E-state index contributed by atoms with van der Waals surface area (Å²) in [6, 6.07) is -0.200. The van der Waals surface area contributed by atoms with Crippen molar-refractivity contribution < 1.29 is 23.6 Å². The first kappa shape index (κ1) is 15.2. The standard InChI is InChI=1S/C12H20N2O5S/c15-11(16)10-2-1-9(19-10)7-13-12(17)14-8-3-5-20(18)6-4-8/h8-10H,1-7H2,(H,15,16)(H2,13,14,17). The Bertz CT molecular complexity index is 393. The highest BCUT2D eigenvalue weighted by molar-refractivity contribution is 7.85. The number of carboxylic acid groups (broad SMARTS) is 1. The summed E-state index contributed by atoms with van der Waals surface area (Å²) in [4.78, 5) is 22.4. The van der Waals surface area contributed by atoms with Gasteiger partial charge >= 0.3 is 12.0 Å². The third-order valence-electron chi connectivity index (χ3n) is 3.60. The van der Waals surface area contributed by atoms with Crippen LogP contribution < -0.4 is 10.6 Å². The Morgan fingerprint density at radius 2 is 1.90 bits per heavy atom. The zero-order valence-corrected chi connectivity index (χ0v) is 12.0. The zero-order valence-electron chi connectivity index (χ0n) is 11.2. The Morgan fingerprint density at radius 1 is 1.20 bits per heavy atom. The minimum Gasteiger partial charge on any atom is -0.479 e. The third-order valence-corrected chi connectivity index (χ3v) is 4.98. The van der Waals surface area contributed by atoms with Gasteiger partial charge < -0.3 is 20.5 Å². The van der Waals surface area contributed by atoms with Crippen LogP contribution in [0.4, 0.5) is 4.79 Å². The third kappa shape index (κ3) is 4.45. The molecule has 0 spiro atoms. The van der Waals surface area contributed by atoms with E-state index in [4.69, 9.17) is 9.84 Å². The number of aliphatic carboxylic acids is 1. The van der Waals surface area contributed by atoms with E-state index < -0.39 is 22.9 Å². The zero-order chi connectivity index (χ0) is 14.5. The number of carbonyl (C=O) groups excluding carboxylic acids is 1. The van der Waals surface area contributed by atoms with Gasteiger partial charge in [0.1, 0.15) is 0 Å². The second kappa shape index (κ2) is 7.03. The minimum atomic E-state index is -0.952. The Kier molecular flexibility index (Phi) is 5.36. The molecule has 2 aliphatic heterocycles. The topological polar surface area (TPSA) is 105 Å². The Balaban J connectivity index is 1.63. The molecule has 0 aliphatic carbocycles. The summed E-state index contributed by atoms with van der Waals surface area (Å²) in [5, 5.41) is 14.3. The highest BCUT2D eigenvalue weighted by Crippen LogP contribution is 2.19. The lowest BCUT2D eigenvalue weighted by Crippen LogP contribution is -2.46. The molecule has 2 saturated heterocycles. The van der Waals surface area contributed by atoms with Crippen LogP contribution in [0.1, 0.15) is 25.7 Å². The fourth-order valence-electron chi connectivity index (χ4n) is 2.42. The first-order valence-electron chi connectivity index (χ1n) is 6.82. The molecule has 114 valence electrons. The summed E-state index contributed by atoms with van der Waals surface area (Å²) in [6.07, 6.45) is 1.61. The average molecular weight is 304 g/mol. The van der Waals surface area contributed by atoms with Crippen molar-refractivity contribution in [1.82, 2.24) is 10.6 Å². The van der Waals surface area contributed by atoms with Crippen LogP contribution in [0, 0.1) is 0 Å². The molecule has 2 fully saturated rings. The Labute approximate surface area is 119 Å². The maximum Gasteiger partial charge on any atom is 0.332 e. The molecule has 7 nitrogen and oxygen atoms in total. The van der Waals surface area contributed by atoms with Gasteiger partial charge in [-0.15, -0.1) is 0 Å². The molecule has 2 atom stereocenters. The van der Waals surface area contributed by atoms with Gasteiger partial charge in [-0.1, -0.05) is 0 Å². The van der Waals surface area contributed by atoms with Gasteiger partial charge in [0, 0.05) is 34.9 Å². The number of rotatable bonds is 4. The van der Waals surface area contributed by atoms with E-state index in [0.29, 0.717) is 30.9 Å². The van der Waals surface area contributed by atoms with Crippen molar-refractivity contribution in [2.75, 3.05) is 18.1 Å². The molecule has 0 bridgehead atoms. The van der Waals surface area contributed by atoms with E-state index in [-0.39, 0.29) is 18.2 Å². The fourth-order valence-corrected chi connectivity index (χ4v) is 3.72. The van der Waals surface area contributed by atoms with Crippen molar-refractivity contribution in [2.45, 2.75) is 43.9 Å². The van der Waals surface area contributed by atoms with Gasteiger partial charge in [-0.2, -0.15) is 0 Å². The van der Waals surface area contributed by atoms with E-state index in [1.165, 1.54) is 0 Å². The first-order valence-corrected chi connectivity index (χ1v) is 8.31. The van der Waals surface area contributed by atoms with E-state index in [2.05, 4.69) is 10.6 Å². The average Bonchev–Trinajstić information content (AvgIpc) is 2.88. The minimum absolute atomic E-state index is 0.0731. The normalized spacial score (nSPS) is 33.6. The highest BCUT2D eigenvalue weighted by atomic mass is 32.2. The van der Waals surface area contributed by atoms with Gasteiger partial charge in [-0.25, -0.2) is 9.59 Å². The van der Waals surface area contributed by atoms with Gasteiger partial charge in [0.15, 0.2) is 6.10 Å². The number of hydrogen-bond donors (Lipinski definition) is 3. The molecule has 0 aromatic heterocycles. The van der Waals surface area contributed by atoms with Crippen molar-refractivity contribution >= 4 is 22.8 Å². The van der Waals surface area contributed by atoms with Crippen LogP contribution in [0.25, 0.3) is 0 Å². The molecule has 2 unspecified atom stereocenters. The van der Waals surface area contributed by atoms with Crippen molar-refractivity contribution in [2.24, 2.45) is 0 Å². The molecule has 8 heteroatoms. The number of ether oxygens (including phenoxy) is 1. The van der Waals surface area contributed by atoms with Gasteiger partial charge in [0.2, 0.25) is 0 Å². The lowest BCUT2D eigenvalue weighted by atomic mass is 10.1. The van der Waals surface area contributed by atoms with Crippen LogP contribution in [0.15, 0.2) is 0 Å². The van der Waals surface area contributed by atoms with Gasteiger partial charge in [-0.05, 0) is 25.7 Å². The van der Waals surface area contributed by atoms with E-state index >= 15 is 0 Å². The van der Waals surface area contributed by atoms with Crippen LogP contribution in [0.5, 0.6) is 0 Å².